The van der Waals surface area contributed by atoms with Gasteiger partial charge in [-0.3, -0.25) is 0 Å². The average molecular weight is 474 g/mol. The molecule has 1 fully saturated rings. The lowest BCUT2D eigenvalue weighted by Crippen LogP contribution is -2.44. The third-order valence-electron chi connectivity index (χ3n) is 6.38. The highest BCUT2D eigenvalue weighted by Crippen LogP contribution is 2.39. The van der Waals surface area contributed by atoms with Crippen molar-refractivity contribution in [3.63, 3.8) is 0 Å². The molecule has 174 valence electrons. The van der Waals surface area contributed by atoms with Crippen LogP contribution in [0.4, 0.5) is 5.95 Å². The molecule has 0 radical (unpaired) electrons. The first-order valence-corrected chi connectivity index (χ1v) is 12.6. The van der Waals surface area contributed by atoms with Crippen LogP contribution < -0.4 is 20.3 Å². The van der Waals surface area contributed by atoms with E-state index in [1.807, 2.05) is 20.0 Å². The zero-order valence-electron chi connectivity index (χ0n) is 19.3. The van der Waals surface area contributed by atoms with Crippen molar-refractivity contribution in [3.8, 4) is 17.3 Å². The van der Waals surface area contributed by atoms with Crippen LogP contribution in [0, 0.1) is 6.92 Å². The van der Waals surface area contributed by atoms with Gasteiger partial charge in [-0.25, -0.2) is 15.0 Å². The maximum Gasteiger partial charge on any atom is 0.236 e. The molecule has 0 saturated carbocycles. The number of nitrogens with one attached hydrogen (secondary N) is 2. The normalized spacial score (nSPS) is 18.1. The first kappa shape index (κ1) is 21.2. The minimum absolute atomic E-state index is 0.419. The monoisotopic (exact) mass is 473 g/mol. The van der Waals surface area contributed by atoms with Crippen molar-refractivity contribution >= 4 is 37.7 Å². The second kappa shape index (κ2) is 8.81. The predicted octanol–water partition coefficient (Wildman–Crippen LogP) is 3.62. The zero-order chi connectivity index (χ0) is 23.1. The summed E-state index contributed by atoms with van der Waals surface area (Å²) in [5.41, 5.74) is 4.11. The third-order valence-corrected chi connectivity index (χ3v) is 7.44. The number of anilines is 1. The smallest absolute Gasteiger partial charge is 0.236 e. The summed E-state index contributed by atoms with van der Waals surface area (Å²) in [5, 5.41) is 7.64. The first-order valence-electron chi connectivity index (χ1n) is 11.8. The number of hydrogen-bond acceptors (Lipinski definition) is 9. The lowest BCUT2D eigenvalue weighted by atomic mass is 9.99. The molecule has 1 saturated heterocycles. The van der Waals surface area contributed by atoms with Crippen molar-refractivity contribution in [2.24, 2.45) is 0 Å². The van der Waals surface area contributed by atoms with Crippen molar-refractivity contribution in [2.45, 2.75) is 19.8 Å². The molecule has 0 amide bonds. The fourth-order valence-electron chi connectivity index (χ4n) is 4.60. The topological polar surface area (TPSA) is 88.1 Å². The summed E-state index contributed by atoms with van der Waals surface area (Å²) in [7, 11) is 0. The molecule has 34 heavy (non-hydrogen) atoms. The molecule has 5 heterocycles. The van der Waals surface area contributed by atoms with Gasteiger partial charge >= 0.3 is 0 Å². The van der Waals surface area contributed by atoms with Crippen molar-refractivity contribution in [3.05, 3.63) is 47.8 Å². The first-order chi connectivity index (χ1) is 16.7. The number of rotatable bonds is 5. The van der Waals surface area contributed by atoms with E-state index in [9.17, 15) is 0 Å². The molecule has 2 aliphatic heterocycles. The van der Waals surface area contributed by atoms with Gasteiger partial charge in [-0.05, 0) is 25.6 Å². The molecule has 9 heteroatoms. The van der Waals surface area contributed by atoms with Crippen LogP contribution in [0.3, 0.4) is 0 Å². The van der Waals surface area contributed by atoms with E-state index in [0.29, 0.717) is 24.4 Å². The highest BCUT2D eigenvalue weighted by molar-refractivity contribution is 7.25. The molecule has 6 rings (SSSR count). The van der Waals surface area contributed by atoms with Crippen LogP contribution in [0.15, 0.2) is 36.5 Å². The summed E-state index contributed by atoms with van der Waals surface area (Å²) in [6, 6.07) is 8.57. The van der Waals surface area contributed by atoms with Gasteiger partial charge in [-0.1, -0.05) is 30.3 Å². The molecule has 0 spiro atoms. The summed E-state index contributed by atoms with van der Waals surface area (Å²) < 4.78 is 6.89. The maximum atomic E-state index is 5.96. The van der Waals surface area contributed by atoms with Gasteiger partial charge in [0.1, 0.15) is 15.0 Å². The van der Waals surface area contributed by atoms with Gasteiger partial charge < -0.3 is 20.3 Å². The van der Waals surface area contributed by atoms with Gasteiger partial charge in [0.2, 0.25) is 11.8 Å². The molecule has 3 aromatic heterocycles. The van der Waals surface area contributed by atoms with Crippen LogP contribution in [0.25, 0.3) is 31.8 Å². The van der Waals surface area contributed by atoms with E-state index in [1.54, 1.807) is 11.3 Å². The van der Waals surface area contributed by atoms with E-state index in [-0.39, 0.29) is 0 Å². The Morgan fingerprint density at radius 2 is 1.91 bits per heavy atom. The summed E-state index contributed by atoms with van der Waals surface area (Å²) in [5.74, 6) is 2.50. The zero-order valence-corrected chi connectivity index (χ0v) is 20.2. The Bertz CT molecular complexity index is 1380. The second-order valence-electron chi connectivity index (χ2n) is 8.59. The van der Waals surface area contributed by atoms with E-state index in [2.05, 4.69) is 45.9 Å². The molecule has 1 atom stereocenters. The fraction of sp³-hybridized carbons (Fsp3) is 0.360. The summed E-state index contributed by atoms with van der Waals surface area (Å²) >= 11 is 1.58. The molecule has 4 aromatic rings. The van der Waals surface area contributed by atoms with E-state index < -0.39 is 0 Å². The number of fused-ring (bicyclic) bond motifs is 3. The molecule has 0 bridgehead atoms. The molecule has 1 unspecified atom stereocenters. The van der Waals surface area contributed by atoms with Crippen LogP contribution in [-0.4, -0.2) is 59.3 Å². The molecular formula is C25H27N7OS. The van der Waals surface area contributed by atoms with Gasteiger partial charge in [0.25, 0.3) is 0 Å². The minimum Gasteiger partial charge on any atom is -0.477 e. The molecular weight excluding hydrogens is 446 g/mol. The largest absolute Gasteiger partial charge is 0.477 e. The second-order valence-corrected chi connectivity index (χ2v) is 9.59. The highest BCUT2D eigenvalue weighted by atomic mass is 32.1. The predicted molar refractivity (Wildman–Crippen MR) is 137 cm³/mol. The minimum atomic E-state index is 0.419. The number of hydrogen-bond donors (Lipinski definition) is 2. The number of thiophene rings is 1. The lowest BCUT2D eigenvalue weighted by Gasteiger charge is -2.27. The quantitative estimate of drug-likeness (QED) is 0.454. The van der Waals surface area contributed by atoms with Crippen LogP contribution in [-0.2, 0) is 0 Å². The SMILES string of the molecule is CCOc1nc(N2CCNCC2)nc2c1sc1nc(-c3ccc(C4C=CNC4)cc3)nc(C)c12. The van der Waals surface area contributed by atoms with Crippen LogP contribution in [0.1, 0.15) is 24.1 Å². The number of ether oxygens (including phenoxy) is 1. The Hall–Kier alpha value is -3.30. The van der Waals surface area contributed by atoms with Gasteiger partial charge in [-0.15, -0.1) is 11.3 Å². The number of nitrogens with zero attached hydrogens (tertiary/aromatic N) is 5. The Kier molecular flexibility index (Phi) is 5.50. The molecule has 2 N–H and O–H groups in total. The van der Waals surface area contributed by atoms with Crippen LogP contribution in [0.5, 0.6) is 5.88 Å². The lowest BCUT2D eigenvalue weighted by molar-refractivity contribution is 0.331. The molecule has 0 aliphatic carbocycles. The van der Waals surface area contributed by atoms with Crippen molar-refractivity contribution < 1.29 is 4.74 Å². The van der Waals surface area contributed by atoms with Crippen molar-refractivity contribution in [2.75, 3.05) is 44.2 Å². The van der Waals surface area contributed by atoms with Gasteiger partial charge in [-0.2, -0.15) is 4.98 Å². The average Bonchev–Trinajstić information content (AvgIpc) is 3.53. The summed E-state index contributed by atoms with van der Waals surface area (Å²) in [4.78, 5) is 22.7. The molecule has 1 aromatic carbocycles. The molecule has 2 aliphatic rings. The van der Waals surface area contributed by atoms with E-state index in [0.717, 1.165) is 70.2 Å². The molecule has 8 nitrogen and oxygen atoms in total. The van der Waals surface area contributed by atoms with E-state index in [4.69, 9.17) is 24.7 Å². The van der Waals surface area contributed by atoms with Crippen molar-refractivity contribution in [1.29, 1.82) is 0 Å². The number of benzene rings is 1. The van der Waals surface area contributed by atoms with Crippen molar-refractivity contribution in [1.82, 2.24) is 30.6 Å². The fourth-order valence-corrected chi connectivity index (χ4v) is 5.70. The van der Waals surface area contributed by atoms with Gasteiger partial charge in [0, 0.05) is 44.2 Å². The standard InChI is InChI=1S/C25H27N7OS/c1-3-33-23-21-20(29-25(31-23)32-12-10-26-11-13-32)19-15(2)28-22(30-24(19)34-21)17-6-4-16(5-7-17)18-8-9-27-14-18/h4-9,18,26-27H,3,10-14H2,1-2H3. The third kappa shape index (κ3) is 3.74. The number of piperazine rings is 1. The Labute approximate surface area is 202 Å². The van der Waals surface area contributed by atoms with Gasteiger partial charge in [0.05, 0.1) is 17.7 Å². The van der Waals surface area contributed by atoms with E-state index in [1.165, 1.54) is 5.56 Å². The number of aromatic nitrogens is 4. The highest BCUT2D eigenvalue weighted by Gasteiger charge is 2.22. The Morgan fingerprint density at radius 1 is 1.09 bits per heavy atom. The number of aryl methyl sites for hydroxylation is 1. The van der Waals surface area contributed by atoms with E-state index >= 15 is 0 Å². The summed E-state index contributed by atoms with van der Waals surface area (Å²) in [6.45, 7) is 9.12. The van der Waals surface area contributed by atoms with Crippen LogP contribution >= 0.6 is 11.3 Å². The van der Waals surface area contributed by atoms with Crippen LogP contribution in [0.2, 0.25) is 0 Å². The summed E-state index contributed by atoms with van der Waals surface area (Å²) in [6.07, 6.45) is 4.22. The van der Waals surface area contributed by atoms with Gasteiger partial charge in [0.15, 0.2) is 5.82 Å². The maximum absolute atomic E-state index is 5.96. The Balaban J connectivity index is 1.44. The Morgan fingerprint density at radius 3 is 2.65 bits per heavy atom.